The van der Waals surface area contributed by atoms with Crippen LogP contribution in [0.2, 0.25) is 0 Å². The Kier molecular flexibility index (Phi) is 11.9. The molecule has 9 N–H and O–H groups in total. The highest BCUT2D eigenvalue weighted by Gasteiger charge is 2.38. The minimum Gasteiger partial charge on any atom is -0.481 e. The molecule has 2 fully saturated rings. The molecule has 1 aromatic carbocycles. The van der Waals surface area contributed by atoms with Crippen molar-refractivity contribution in [1.29, 1.82) is 0 Å². The first-order chi connectivity index (χ1) is 22.5. The van der Waals surface area contributed by atoms with Crippen LogP contribution in [0.15, 0.2) is 30.5 Å². The Labute approximate surface area is 268 Å². The summed E-state index contributed by atoms with van der Waals surface area (Å²) in [6.07, 6.45) is 2.73. The van der Waals surface area contributed by atoms with Gasteiger partial charge < -0.3 is 51.8 Å². The third kappa shape index (κ3) is 9.04. The Morgan fingerprint density at radius 3 is 2.36 bits per heavy atom. The minimum absolute atomic E-state index is 0.121. The monoisotopic (exact) mass is 657 g/mol. The van der Waals surface area contributed by atoms with E-state index in [2.05, 4.69) is 31.6 Å². The van der Waals surface area contributed by atoms with Gasteiger partial charge in [-0.2, -0.15) is 0 Å². The highest BCUT2D eigenvalue weighted by atomic mass is 16.4. The van der Waals surface area contributed by atoms with Crippen LogP contribution in [-0.2, 0) is 40.0 Å². The number of carboxylic acid groups (broad SMARTS) is 2. The van der Waals surface area contributed by atoms with Gasteiger partial charge in [0.2, 0.25) is 29.5 Å². The third-order valence-electron chi connectivity index (χ3n) is 8.18. The van der Waals surface area contributed by atoms with Crippen LogP contribution in [0.25, 0.3) is 10.9 Å². The first-order valence-corrected chi connectivity index (χ1v) is 15.3. The molecule has 2 aliphatic heterocycles. The molecular formula is C30H39N7O10. The van der Waals surface area contributed by atoms with E-state index in [0.29, 0.717) is 24.9 Å². The van der Waals surface area contributed by atoms with Crippen LogP contribution >= 0.6 is 0 Å². The summed E-state index contributed by atoms with van der Waals surface area (Å²) in [7, 11) is 0. The number of amides is 5. The molecule has 17 nitrogen and oxygen atoms in total. The fourth-order valence-corrected chi connectivity index (χ4v) is 5.78. The van der Waals surface area contributed by atoms with E-state index in [-0.39, 0.29) is 19.4 Å². The number of hydrogen-bond acceptors (Lipinski definition) is 9. The van der Waals surface area contributed by atoms with E-state index < -0.39 is 91.3 Å². The van der Waals surface area contributed by atoms with Crippen molar-refractivity contribution in [3.63, 3.8) is 0 Å². The zero-order valence-electron chi connectivity index (χ0n) is 25.5. The van der Waals surface area contributed by atoms with Gasteiger partial charge in [0.1, 0.15) is 24.2 Å². The van der Waals surface area contributed by atoms with E-state index in [1.54, 1.807) is 30.5 Å². The van der Waals surface area contributed by atoms with Gasteiger partial charge >= 0.3 is 11.9 Å². The molecule has 2 saturated heterocycles. The average molecular weight is 658 g/mol. The van der Waals surface area contributed by atoms with Crippen LogP contribution in [0.5, 0.6) is 0 Å². The molecule has 5 amide bonds. The Morgan fingerprint density at radius 2 is 1.68 bits per heavy atom. The highest BCUT2D eigenvalue weighted by Crippen LogP contribution is 2.20. The molecule has 0 saturated carbocycles. The normalized spacial score (nSPS) is 19.4. The van der Waals surface area contributed by atoms with Gasteiger partial charge in [-0.15, -0.1) is 0 Å². The lowest BCUT2D eigenvalue weighted by molar-refractivity contribution is -0.143. The van der Waals surface area contributed by atoms with Gasteiger partial charge in [0, 0.05) is 30.1 Å². The van der Waals surface area contributed by atoms with Crippen molar-refractivity contribution in [2.75, 3.05) is 26.2 Å². The van der Waals surface area contributed by atoms with Crippen molar-refractivity contribution in [3.8, 4) is 0 Å². The number of carbonyl (C=O) groups excluding carboxylic acids is 5. The summed E-state index contributed by atoms with van der Waals surface area (Å²) in [6.45, 7) is -0.510. The summed E-state index contributed by atoms with van der Waals surface area (Å²) in [4.78, 5) is 92.0. The second kappa shape index (κ2) is 16.0. The Hall–Kier alpha value is -5.03. The first kappa shape index (κ1) is 34.8. The lowest BCUT2D eigenvalue weighted by Crippen LogP contribution is -2.57. The number of likely N-dealkylation sites (tertiary alicyclic amines) is 1. The number of benzene rings is 1. The number of carbonyl (C=O) groups is 7. The third-order valence-corrected chi connectivity index (χ3v) is 8.18. The zero-order valence-corrected chi connectivity index (χ0v) is 25.5. The van der Waals surface area contributed by atoms with Gasteiger partial charge in [-0.3, -0.25) is 28.8 Å². The highest BCUT2D eigenvalue weighted by molar-refractivity contribution is 5.96. The maximum absolute atomic E-state index is 13.1. The summed E-state index contributed by atoms with van der Waals surface area (Å²) in [6, 6.07) is 1.32. The lowest BCUT2D eigenvalue weighted by atomic mass is 10.0. The fourth-order valence-electron chi connectivity index (χ4n) is 5.78. The second-order valence-electron chi connectivity index (χ2n) is 11.5. The van der Waals surface area contributed by atoms with Crippen LogP contribution in [0.3, 0.4) is 0 Å². The summed E-state index contributed by atoms with van der Waals surface area (Å²) < 4.78 is 0. The van der Waals surface area contributed by atoms with Crippen molar-refractivity contribution in [2.45, 2.75) is 68.7 Å². The number of aromatic nitrogens is 1. The van der Waals surface area contributed by atoms with Crippen LogP contribution in [0.1, 0.15) is 37.7 Å². The number of rotatable bonds is 15. The van der Waals surface area contributed by atoms with Crippen LogP contribution in [0.4, 0.5) is 0 Å². The number of carboxylic acids is 2. The number of H-pyrrole nitrogens is 1. The minimum atomic E-state index is -1.66. The molecule has 0 spiro atoms. The SMILES string of the molecule is O=C(O)C[C@H](NC(=O)CNC(=O)[C@@H]1CCCN1C(=O)[C@H](CO)NC(=O)[C@@H]1CCCN1)C(=O)N[C@@H](Cc1c[nH]c2ccccc12)C(=O)O. The number of aromatic amines is 1. The maximum atomic E-state index is 13.1. The maximum Gasteiger partial charge on any atom is 0.326 e. The summed E-state index contributed by atoms with van der Waals surface area (Å²) in [5.74, 6) is -6.56. The quantitative estimate of drug-likeness (QED) is 0.0973. The number of aliphatic carboxylic acids is 2. The molecule has 2 aliphatic rings. The summed E-state index contributed by atoms with van der Waals surface area (Å²) >= 11 is 0. The first-order valence-electron chi connectivity index (χ1n) is 15.3. The van der Waals surface area contributed by atoms with E-state index >= 15 is 0 Å². The van der Waals surface area contributed by atoms with E-state index in [9.17, 15) is 48.9 Å². The number of hydrogen-bond donors (Lipinski definition) is 9. The standard InChI is InChI=1S/C30H39N7O10/c38-15-22(36-26(42)19-7-3-9-31-19)29(45)37-10-4-8-23(37)28(44)33-14-24(39)34-20(12-25(40)41)27(43)35-21(30(46)47)11-16-13-32-18-6-2-1-5-17(16)18/h1-2,5-6,13,19-23,31-32,38H,3-4,7-12,14-15H2,(H,33,44)(H,34,39)(H,35,43)(H,36,42)(H,40,41)(H,46,47)/t19-,20-,21-,22-,23-/m0/s1. The van der Waals surface area contributed by atoms with Crippen molar-refractivity contribution < 1.29 is 48.9 Å². The number of fused-ring (bicyclic) bond motifs is 1. The molecule has 0 aliphatic carbocycles. The molecule has 4 rings (SSSR count). The van der Waals surface area contributed by atoms with Gasteiger partial charge in [0.25, 0.3) is 0 Å². The number of aliphatic hydroxyl groups excluding tert-OH is 1. The largest absolute Gasteiger partial charge is 0.481 e. The van der Waals surface area contributed by atoms with Crippen LogP contribution in [0, 0.1) is 0 Å². The Balaban J connectivity index is 1.32. The van der Waals surface area contributed by atoms with E-state index in [0.717, 1.165) is 17.3 Å². The Bertz CT molecular complexity index is 1500. The second-order valence-corrected chi connectivity index (χ2v) is 11.5. The number of nitrogens with zero attached hydrogens (tertiary/aromatic N) is 1. The van der Waals surface area contributed by atoms with Gasteiger partial charge in [-0.05, 0) is 43.9 Å². The lowest BCUT2D eigenvalue weighted by Gasteiger charge is -2.28. The van der Waals surface area contributed by atoms with Crippen molar-refractivity contribution in [3.05, 3.63) is 36.0 Å². The molecule has 0 unspecified atom stereocenters. The van der Waals surface area contributed by atoms with Crippen molar-refractivity contribution >= 4 is 52.4 Å². The molecular weight excluding hydrogens is 618 g/mol. The van der Waals surface area contributed by atoms with Gasteiger partial charge in [0.15, 0.2) is 0 Å². The molecule has 3 heterocycles. The molecule has 2 aromatic rings. The van der Waals surface area contributed by atoms with E-state index in [1.807, 2.05) is 0 Å². The molecule has 1 aromatic heterocycles. The van der Waals surface area contributed by atoms with Crippen LogP contribution in [-0.4, -0.2) is 123 Å². The molecule has 0 bridgehead atoms. The summed E-state index contributed by atoms with van der Waals surface area (Å²) in [5, 5.41) is 42.0. The zero-order chi connectivity index (χ0) is 34.1. The Morgan fingerprint density at radius 1 is 0.915 bits per heavy atom. The molecule has 5 atom stereocenters. The molecule has 254 valence electrons. The van der Waals surface area contributed by atoms with Crippen molar-refractivity contribution in [1.82, 2.24) is 36.5 Å². The predicted molar refractivity (Wildman–Crippen MR) is 164 cm³/mol. The molecule has 47 heavy (non-hydrogen) atoms. The topological polar surface area (TPSA) is 259 Å². The smallest absolute Gasteiger partial charge is 0.326 e. The van der Waals surface area contributed by atoms with Gasteiger partial charge in [-0.1, -0.05) is 18.2 Å². The fraction of sp³-hybridized carbons (Fsp3) is 0.500. The number of aliphatic hydroxyl groups is 1. The number of para-hydroxylation sites is 1. The molecule has 17 heteroatoms. The summed E-state index contributed by atoms with van der Waals surface area (Å²) in [5.41, 5.74) is 1.37. The van der Waals surface area contributed by atoms with Gasteiger partial charge in [0.05, 0.1) is 25.6 Å². The molecule has 0 radical (unpaired) electrons. The van der Waals surface area contributed by atoms with E-state index in [4.69, 9.17) is 0 Å². The van der Waals surface area contributed by atoms with Crippen molar-refractivity contribution in [2.24, 2.45) is 0 Å². The van der Waals surface area contributed by atoms with E-state index in [1.165, 1.54) is 4.90 Å². The number of nitrogens with one attached hydrogen (secondary N) is 6. The van der Waals surface area contributed by atoms with Gasteiger partial charge in [-0.25, -0.2) is 4.79 Å². The predicted octanol–water partition coefficient (Wildman–Crippen LogP) is -2.42. The average Bonchev–Trinajstić information content (AvgIpc) is 3.83. The van der Waals surface area contributed by atoms with Crippen LogP contribution < -0.4 is 26.6 Å².